The van der Waals surface area contributed by atoms with Crippen LogP contribution in [-0.2, 0) is 0 Å². The van der Waals surface area contributed by atoms with Gasteiger partial charge < -0.3 is 5.11 Å². The molecule has 0 amide bonds. The first-order chi connectivity index (χ1) is 9.10. The van der Waals surface area contributed by atoms with Gasteiger partial charge in [-0.1, -0.05) is 25.7 Å². The highest BCUT2D eigenvalue weighted by molar-refractivity contribution is 5.17. The minimum atomic E-state index is -0.770. The Bertz CT molecular complexity index is 377. The summed E-state index contributed by atoms with van der Waals surface area (Å²) >= 11 is 0. The molecule has 0 aromatic carbocycles. The third-order valence-corrected chi connectivity index (χ3v) is 5.72. The van der Waals surface area contributed by atoms with Crippen LogP contribution in [0.5, 0.6) is 0 Å². The van der Waals surface area contributed by atoms with Crippen molar-refractivity contribution < 1.29 is 5.11 Å². The van der Waals surface area contributed by atoms with Crippen molar-refractivity contribution in [2.24, 2.45) is 5.41 Å². The molecule has 3 nitrogen and oxygen atoms in total. The quantitative estimate of drug-likeness (QED) is 0.778. The zero-order valence-corrected chi connectivity index (χ0v) is 12.1. The number of rotatable bonds is 2. The van der Waals surface area contributed by atoms with Gasteiger partial charge in [0, 0.05) is 18.6 Å². The summed E-state index contributed by atoms with van der Waals surface area (Å²) in [6.07, 6.45) is 9.79. The Balaban J connectivity index is 1.83. The summed E-state index contributed by atoms with van der Waals surface area (Å²) in [5.41, 5.74) is -1.25. The van der Waals surface area contributed by atoms with E-state index in [2.05, 4.69) is 17.9 Å². The second kappa shape index (κ2) is 4.75. The summed E-state index contributed by atoms with van der Waals surface area (Å²) in [5.74, 6) is 0. The second-order valence-corrected chi connectivity index (χ2v) is 7.10. The van der Waals surface area contributed by atoms with Crippen molar-refractivity contribution in [1.82, 2.24) is 4.90 Å². The predicted molar refractivity (Wildman–Crippen MR) is 74.5 cm³/mol. The maximum atomic E-state index is 11.2. The molecule has 19 heavy (non-hydrogen) atoms. The number of nitriles is 1. The molecule has 2 aliphatic carbocycles. The van der Waals surface area contributed by atoms with E-state index in [4.69, 9.17) is 0 Å². The molecule has 3 heteroatoms. The number of aliphatic hydroxyl groups is 1. The normalized spacial score (nSPS) is 39.7. The highest BCUT2D eigenvalue weighted by atomic mass is 16.3. The number of hydrogen-bond acceptors (Lipinski definition) is 3. The van der Waals surface area contributed by atoms with Crippen molar-refractivity contribution in [1.29, 1.82) is 5.26 Å². The lowest BCUT2D eigenvalue weighted by Gasteiger charge is -2.40. The van der Waals surface area contributed by atoms with Gasteiger partial charge in [0.1, 0.15) is 0 Å². The van der Waals surface area contributed by atoms with Gasteiger partial charge in [-0.25, -0.2) is 0 Å². The van der Waals surface area contributed by atoms with Crippen LogP contribution in [0.1, 0.15) is 64.7 Å². The lowest BCUT2D eigenvalue weighted by atomic mass is 9.67. The van der Waals surface area contributed by atoms with Gasteiger partial charge in [0.2, 0.25) is 0 Å². The maximum absolute atomic E-state index is 11.2. The lowest BCUT2D eigenvalue weighted by molar-refractivity contribution is -0.0542. The Morgan fingerprint density at radius 1 is 1.16 bits per heavy atom. The minimum absolute atomic E-state index is 0.436. The molecule has 2 saturated carbocycles. The van der Waals surface area contributed by atoms with E-state index in [1.807, 2.05) is 0 Å². The molecule has 1 heterocycles. The highest BCUT2D eigenvalue weighted by Crippen LogP contribution is 2.50. The zero-order valence-electron chi connectivity index (χ0n) is 12.1. The summed E-state index contributed by atoms with van der Waals surface area (Å²) < 4.78 is 0. The van der Waals surface area contributed by atoms with E-state index in [0.717, 1.165) is 38.6 Å². The van der Waals surface area contributed by atoms with Crippen LogP contribution in [0.25, 0.3) is 0 Å². The first kappa shape index (κ1) is 13.4. The third-order valence-electron chi connectivity index (χ3n) is 5.72. The minimum Gasteiger partial charge on any atom is -0.387 e. The average Bonchev–Trinajstić information content (AvgIpc) is 3.20. The van der Waals surface area contributed by atoms with Crippen molar-refractivity contribution in [2.75, 3.05) is 6.54 Å². The molecule has 0 aromatic rings. The molecule has 106 valence electrons. The molecule has 0 radical (unpaired) electrons. The van der Waals surface area contributed by atoms with Gasteiger partial charge in [0.15, 0.2) is 0 Å². The van der Waals surface area contributed by atoms with Gasteiger partial charge in [-0.3, -0.25) is 4.90 Å². The largest absolute Gasteiger partial charge is 0.387 e. The van der Waals surface area contributed by atoms with Crippen LogP contribution >= 0.6 is 0 Å². The highest BCUT2D eigenvalue weighted by Gasteiger charge is 2.57. The molecule has 3 aliphatic rings. The molecule has 0 aromatic heterocycles. The number of likely N-dealkylation sites (tertiary alicyclic amines) is 1. The molecular formula is C16H26N2O. The summed E-state index contributed by atoms with van der Waals surface area (Å²) in [6, 6.07) is 3.69. The van der Waals surface area contributed by atoms with Gasteiger partial charge in [0.25, 0.3) is 0 Å². The Labute approximate surface area is 116 Å². The summed E-state index contributed by atoms with van der Waals surface area (Å²) in [6.45, 7) is 2.95. The topological polar surface area (TPSA) is 47.3 Å². The van der Waals surface area contributed by atoms with E-state index in [1.54, 1.807) is 0 Å². The first-order valence-corrected chi connectivity index (χ1v) is 8.00. The van der Waals surface area contributed by atoms with Gasteiger partial charge in [0.05, 0.1) is 17.1 Å². The van der Waals surface area contributed by atoms with Crippen molar-refractivity contribution in [3.8, 4) is 6.07 Å². The maximum Gasteiger partial charge on any atom is 0.0974 e. The predicted octanol–water partition coefficient (Wildman–Crippen LogP) is 2.84. The van der Waals surface area contributed by atoms with Crippen LogP contribution < -0.4 is 0 Å². The van der Waals surface area contributed by atoms with Crippen LogP contribution in [0.4, 0.5) is 0 Å². The summed E-state index contributed by atoms with van der Waals surface area (Å²) in [5, 5.41) is 21.0. The molecule has 1 aliphatic heterocycles. The van der Waals surface area contributed by atoms with E-state index in [0.29, 0.717) is 12.1 Å². The van der Waals surface area contributed by atoms with Gasteiger partial charge in [-0.15, -0.1) is 0 Å². The Morgan fingerprint density at radius 3 is 2.32 bits per heavy atom. The van der Waals surface area contributed by atoms with Crippen molar-refractivity contribution in [3.05, 3.63) is 0 Å². The smallest absolute Gasteiger partial charge is 0.0974 e. The number of nitrogens with zero attached hydrogens (tertiary/aromatic N) is 2. The molecule has 0 spiro atoms. The van der Waals surface area contributed by atoms with E-state index in [9.17, 15) is 10.4 Å². The summed E-state index contributed by atoms with van der Waals surface area (Å²) in [4.78, 5) is 2.46. The van der Waals surface area contributed by atoms with Gasteiger partial charge in [-0.05, 0) is 39.0 Å². The molecule has 1 saturated heterocycles. The van der Waals surface area contributed by atoms with Gasteiger partial charge >= 0.3 is 0 Å². The standard InChI is InChI=1S/C16H26N2O/c1-13-10-16(19,12-18(13)14-6-7-14)15(11-17)8-4-2-3-5-9-15/h13-14,19H,2-10,12H2,1H3. The number of hydrogen-bond donors (Lipinski definition) is 1. The average molecular weight is 262 g/mol. The Morgan fingerprint density at radius 2 is 1.79 bits per heavy atom. The molecule has 1 N–H and O–H groups in total. The molecule has 2 atom stereocenters. The first-order valence-electron chi connectivity index (χ1n) is 8.00. The van der Waals surface area contributed by atoms with Crippen LogP contribution in [0.3, 0.4) is 0 Å². The fourth-order valence-corrected chi connectivity index (χ4v) is 4.38. The SMILES string of the molecule is CC1CC(O)(C2(C#N)CCCCCC2)CN1C1CC1. The molecule has 0 bridgehead atoms. The van der Waals surface area contributed by atoms with E-state index in [-0.39, 0.29) is 0 Å². The number of β-amino-alcohol motifs (C(OH)–C–C–N with tert-alkyl or cyclic N) is 1. The molecular weight excluding hydrogens is 236 g/mol. The van der Waals surface area contributed by atoms with Crippen molar-refractivity contribution >= 4 is 0 Å². The fourth-order valence-electron chi connectivity index (χ4n) is 4.38. The Hall–Kier alpha value is -0.590. The van der Waals surface area contributed by atoms with E-state index < -0.39 is 11.0 Å². The zero-order chi connectivity index (χ0) is 13.5. The molecule has 3 fully saturated rings. The summed E-state index contributed by atoms with van der Waals surface area (Å²) in [7, 11) is 0. The van der Waals surface area contributed by atoms with Crippen LogP contribution in [0, 0.1) is 16.7 Å². The van der Waals surface area contributed by atoms with Crippen LogP contribution in [0.2, 0.25) is 0 Å². The lowest BCUT2D eigenvalue weighted by Crippen LogP contribution is -2.49. The van der Waals surface area contributed by atoms with Crippen LogP contribution in [0.15, 0.2) is 0 Å². The Kier molecular flexibility index (Phi) is 3.35. The fraction of sp³-hybridized carbons (Fsp3) is 0.938. The third kappa shape index (κ3) is 2.19. The van der Waals surface area contributed by atoms with Crippen molar-refractivity contribution in [3.63, 3.8) is 0 Å². The van der Waals surface area contributed by atoms with Crippen molar-refractivity contribution in [2.45, 2.75) is 82.4 Å². The van der Waals surface area contributed by atoms with E-state index in [1.165, 1.54) is 25.7 Å². The monoisotopic (exact) mass is 262 g/mol. The molecule has 2 unspecified atom stereocenters. The molecule has 3 rings (SSSR count). The van der Waals surface area contributed by atoms with Gasteiger partial charge in [-0.2, -0.15) is 5.26 Å². The van der Waals surface area contributed by atoms with Crippen LogP contribution in [-0.4, -0.2) is 34.2 Å². The second-order valence-electron chi connectivity index (χ2n) is 7.10. The van der Waals surface area contributed by atoms with E-state index >= 15 is 0 Å².